The molecule has 6 heteroatoms. The average Bonchev–Trinajstić information content (AvgIpc) is 3.22. The Bertz CT molecular complexity index is 634. The predicted octanol–water partition coefficient (Wildman–Crippen LogP) is 2.88. The Kier molecular flexibility index (Phi) is 6.14. The second-order valence-electron chi connectivity index (χ2n) is 7.80. The van der Waals surface area contributed by atoms with Crippen LogP contribution in [0.2, 0.25) is 0 Å². The molecule has 0 atom stereocenters. The van der Waals surface area contributed by atoms with Crippen molar-refractivity contribution in [2.24, 2.45) is 5.92 Å². The van der Waals surface area contributed by atoms with Crippen molar-refractivity contribution in [2.75, 3.05) is 67.7 Å². The highest BCUT2D eigenvalue weighted by Gasteiger charge is 2.22. The topological polar surface area (TPSA) is 54.0 Å². The Morgan fingerprint density at radius 1 is 0.963 bits per heavy atom. The van der Waals surface area contributed by atoms with Crippen molar-refractivity contribution >= 4 is 23.0 Å². The molecule has 0 radical (unpaired) electrons. The van der Waals surface area contributed by atoms with Gasteiger partial charge in [0.05, 0.1) is 37.8 Å². The maximum absolute atomic E-state index is 12.6. The summed E-state index contributed by atoms with van der Waals surface area (Å²) in [6.07, 6.45) is 5.57. The summed E-state index contributed by atoms with van der Waals surface area (Å²) in [7, 11) is 0. The molecule has 148 valence electrons. The van der Waals surface area contributed by atoms with Crippen molar-refractivity contribution in [3.05, 3.63) is 18.2 Å². The molecule has 2 saturated heterocycles. The van der Waals surface area contributed by atoms with Gasteiger partial charge in [-0.1, -0.05) is 12.8 Å². The van der Waals surface area contributed by atoms with Gasteiger partial charge in [0.1, 0.15) is 0 Å². The summed E-state index contributed by atoms with van der Waals surface area (Å²) in [5.74, 6) is 0.708. The van der Waals surface area contributed by atoms with E-state index in [0.717, 1.165) is 64.0 Å². The van der Waals surface area contributed by atoms with Gasteiger partial charge >= 0.3 is 0 Å². The molecule has 0 unspecified atom stereocenters. The second kappa shape index (κ2) is 8.93. The fraction of sp³-hybridized carbons (Fsp3) is 0.667. The van der Waals surface area contributed by atoms with Gasteiger partial charge in [-0.2, -0.15) is 0 Å². The number of rotatable bonds is 5. The first-order chi connectivity index (χ1) is 13.3. The summed E-state index contributed by atoms with van der Waals surface area (Å²) in [6.45, 7) is 6.55. The summed E-state index contributed by atoms with van der Waals surface area (Å²) in [6, 6.07) is 6.42. The second-order valence-corrected chi connectivity index (χ2v) is 7.80. The summed E-state index contributed by atoms with van der Waals surface area (Å²) >= 11 is 0. The number of carbonyl (C=O) groups excluding carboxylic acids is 1. The van der Waals surface area contributed by atoms with Crippen molar-refractivity contribution in [3.8, 4) is 0 Å². The van der Waals surface area contributed by atoms with Gasteiger partial charge in [0, 0.05) is 38.3 Å². The number of amides is 1. The molecule has 4 rings (SSSR count). The highest BCUT2D eigenvalue weighted by Crippen LogP contribution is 2.33. The molecule has 3 fully saturated rings. The van der Waals surface area contributed by atoms with Gasteiger partial charge in [0.15, 0.2) is 0 Å². The van der Waals surface area contributed by atoms with Crippen LogP contribution in [-0.4, -0.2) is 58.5 Å². The predicted molar refractivity (Wildman–Crippen MR) is 108 cm³/mol. The Morgan fingerprint density at radius 2 is 1.59 bits per heavy atom. The SMILES string of the molecule is O=C(CC1CCCC1)Nc1ccc(N2CCOCC2)cc1N1CCOCC1. The fourth-order valence-electron chi connectivity index (χ4n) is 4.39. The molecule has 0 aromatic heterocycles. The van der Waals surface area contributed by atoms with E-state index in [-0.39, 0.29) is 5.91 Å². The largest absolute Gasteiger partial charge is 0.378 e. The summed E-state index contributed by atoms with van der Waals surface area (Å²) in [4.78, 5) is 17.3. The first-order valence-electron chi connectivity index (χ1n) is 10.4. The Hall–Kier alpha value is -1.79. The third-order valence-electron chi connectivity index (χ3n) is 5.93. The van der Waals surface area contributed by atoms with Gasteiger partial charge in [0.25, 0.3) is 0 Å². The Labute approximate surface area is 161 Å². The van der Waals surface area contributed by atoms with Gasteiger partial charge in [-0.25, -0.2) is 0 Å². The monoisotopic (exact) mass is 373 g/mol. The maximum Gasteiger partial charge on any atom is 0.224 e. The standard InChI is InChI=1S/C21H31N3O3/c25-21(15-17-3-1-2-4-17)22-19-6-5-18(23-7-11-26-12-8-23)16-20(19)24-9-13-27-14-10-24/h5-6,16-17H,1-4,7-15H2,(H,22,25). The van der Waals surface area contributed by atoms with E-state index >= 15 is 0 Å². The maximum atomic E-state index is 12.6. The van der Waals surface area contributed by atoms with Crippen molar-refractivity contribution in [3.63, 3.8) is 0 Å². The molecule has 0 spiro atoms. The molecular formula is C21H31N3O3. The molecule has 27 heavy (non-hydrogen) atoms. The number of hydrogen-bond acceptors (Lipinski definition) is 5. The van der Waals surface area contributed by atoms with E-state index in [2.05, 4.69) is 33.3 Å². The zero-order valence-electron chi connectivity index (χ0n) is 16.1. The first-order valence-corrected chi connectivity index (χ1v) is 10.4. The molecule has 2 aliphatic heterocycles. The molecule has 1 aromatic rings. The first kappa shape index (κ1) is 18.6. The Balaban J connectivity index is 1.52. The average molecular weight is 373 g/mol. The third-order valence-corrected chi connectivity index (χ3v) is 5.93. The molecule has 0 bridgehead atoms. The highest BCUT2D eigenvalue weighted by atomic mass is 16.5. The van der Waals surface area contributed by atoms with Crippen LogP contribution in [-0.2, 0) is 14.3 Å². The third kappa shape index (κ3) is 4.74. The molecule has 3 aliphatic rings. The number of morpholine rings is 2. The number of anilines is 3. The van der Waals surface area contributed by atoms with E-state index in [9.17, 15) is 4.79 Å². The van der Waals surface area contributed by atoms with Crippen LogP contribution >= 0.6 is 0 Å². The number of ether oxygens (including phenoxy) is 2. The van der Waals surface area contributed by atoms with Crippen molar-refractivity contribution in [1.82, 2.24) is 0 Å². The Morgan fingerprint density at radius 3 is 2.26 bits per heavy atom. The van der Waals surface area contributed by atoms with Crippen molar-refractivity contribution in [2.45, 2.75) is 32.1 Å². The lowest BCUT2D eigenvalue weighted by Gasteiger charge is -2.33. The van der Waals surface area contributed by atoms with Crippen LogP contribution in [0.25, 0.3) is 0 Å². The number of benzene rings is 1. The van der Waals surface area contributed by atoms with Crippen LogP contribution in [0.4, 0.5) is 17.1 Å². The highest BCUT2D eigenvalue weighted by molar-refractivity contribution is 5.95. The lowest BCUT2D eigenvalue weighted by Crippen LogP contribution is -2.38. The van der Waals surface area contributed by atoms with Gasteiger partial charge in [0.2, 0.25) is 5.91 Å². The van der Waals surface area contributed by atoms with Crippen LogP contribution in [0.1, 0.15) is 32.1 Å². The van der Waals surface area contributed by atoms with E-state index in [4.69, 9.17) is 9.47 Å². The fourth-order valence-corrected chi connectivity index (χ4v) is 4.39. The summed E-state index contributed by atoms with van der Waals surface area (Å²) in [5, 5.41) is 3.20. The van der Waals surface area contributed by atoms with Crippen LogP contribution in [0, 0.1) is 5.92 Å². The van der Waals surface area contributed by atoms with E-state index in [1.54, 1.807) is 0 Å². The number of carbonyl (C=O) groups is 1. The lowest BCUT2D eigenvalue weighted by atomic mass is 10.0. The minimum absolute atomic E-state index is 0.149. The van der Waals surface area contributed by atoms with E-state index < -0.39 is 0 Å². The molecule has 1 amide bonds. The van der Waals surface area contributed by atoms with Gasteiger partial charge in [-0.3, -0.25) is 4.79 Å². The van der Waals surface area contributed by atoms with Gasteiger partial charge in [-0.05, 0) is 37.0 Å². The zero-order valence-corrected chi connectivity index (χ0v) is 16.1. The molecule has 6 nitrogen and oxygen atoms in total. The van der Waals surface area contributed by atoms with Crippen molar-refractivity contribution < 1.29 is 14.3 Å². The smallest absolute Gasteiger partial charge is 0.224 e. The van der Waals surface area contributed by atoms with E-state index in [1.807, 2.05) is 0 Å². The number of nitrogens with zero attached hydrogens (tertiary/aromatic N) is 2. The minimum atomic E-state index is 0.149. The summed E-state index contributed by atoms with van der Waals surface area (Å²) < 4.78 is 11.0. The summed E-state index contributed by atoms with van der Waals surface area (Å²) in [5.41, 5.74) is 3.24. The van der Waals surface area contributed by atoms with Crippen molar-refractivity contribution in [1.29, 1.82) is 0 Å². The van der Waals surface area contributed by atoms with Crippen LogP contribution in [0.5, 0.6) is 0 Å². The lowest BCUT2D eigenvalue weighted by molar-refractivity contribution is -0.117. The van der Waals surface area contributed by atoms with Gasteiger partial charge in [-0.15, -0.1) is 0 Å². The molecular weight excluding hydrogens is 342 g/mol. The number of hydrogen-bond donors (Lipinski definition) is 1. The van der Waals surface area contributed by atoms with E-state index in [1.165, 1.54) is 31.4 Å². The quantitative estimate of drug-likeness (QED) is 0.860. The van der Waals surface area contributed by atoms with E-state index in [0.29, 0.717) is 12.3 Å². The van der Waals surface area contributed by atoms with Crippen LogP contribution in [0.15, 0.2) is 18.2 Å². The molecule has 2 heterocycles. The minimum Gasteiger partial charge on any atom is -0.378 e. The van der Waals surface area contributed by atoms with Crippen LogP contribution in [0.3, 0.4) is 0 Å². The van der Waals surface area contributed by atoms with Gasteiger partial charge < -0.3 is 24.6 Å². The molecule has 1 aliphatic carbocycles. The number of nitrogens with one attached hydrogen (secondary N) is 1. The molecule has 1 aromatic carbocycles. The molecule has 1 saturated carbocycles. The van der Waals surface area contributed by atoms with Crippen LogP contribution < -0.4 is 15.1 Å². The normalized spacial score (nSPS) is 21.5. The zero-order chi connectivity index (χ0) is 18.5. The molecule has 1 N–H and O–H groups in total.